The van der Waals surface area contributed by atoms with Crippen LogP contribution in [0.15, 0.2) is 4.99 Å². The number of guanidine groups is 1. The number of hydrogen-bond acceptors (Lipinski definition) is 4. The monoisotopic (exact) mass is 472 g/mol. The minimum Gasteiger partial charge on any atom is -0.382 e. The average Bonchev–Trinajstić information content (AvgIpc) is 2.50. The first-order valence-corrected chi connectivity index (χ1v) is 8.55. The molecule has 0 aliphatic heterocycles. The highest BCUT2D eigenvalue weighted by atomic mass is 127. The molecule has 1 unspecified atom stereocenters. The Bertz CT molecular complexity index is 385. The fourth-order valence-corrected chi connectivity index (χ4v) is 1.92. The van der Waals surface area contributed by atoms with E-state index < -0.39 is 0 Å². The van der Waals surface area contributed by atoms with Gasteiger partial charge in [0.15, 0.2) is 5.96 Å². The van der Waals surface area contributed by atoms with Gasteiger partial charge in [0.05, 0.1) is 6.10 Å². The lowest BCUT2D eigenvalue weighted by Gasteiger charge is -2.30. The summed E-state index contributed by atoms with van der Waals surface area (Å²) in [4.78, 5) is 17.6. The van der Waals surface area contributed by atoms with Gasteiger partial charge in [0, 0.05) is 47.5 Å². The maximum Gasteiger partial charge on any atom is 0.243 e. The van der Waals surface area contributed by atoms with E-state index in [9.17, 15) is 4.79 Å². The van der Waals surface area contributed by atoms with E-state index in [0.717, 1.165) is 19.6 Å². The van der Waals surface area contributed by atoms with Crippen molar-refractivity contribution in [3.8, 4) is 0 Å². The molecule has 0 aromatic heterocycles. The molecule has 0 aliphatic rings. The highest BCUT2D eigenvalue weighted by molar-refractivity contribution is 14.0. The molecular formula is C17H37IN4O3. The second-order valence-corrected chi connectivity index (χ2v) is 6.90. The van der Waals surface area contributed by atoms with Gasteiger partial charge < -0.3 is 25.0 Å². The molecule has 150 valence electrons. The normalized spacial score (nSPS) is 13.0. The summed E-state index contributed by atoms with van der Waals surface area (Å²) in [5.74, 6) is 0.581. The molecule has 0 heterocycles. The number of carbonyl (C=O) groups excluding carboxylic acids is 1. The fraction of sp³-hybridized carbons (Fsp3) is 0.882. The lowest BCUT2D eigenvalue weighted by molar-refractivity contribution is -0.127. The lowest BCUT2D eigenvalue weighted by Crippen LogP contribution is -2.46. The van der Waals surface area contributed by atoms with Crippen LogP contribution in [-0.4, -0.2) is 76.9 Å². The molecule has 0 radical (unpaired) electrons. The van der Waals surface area contributed by atoms with Crippen LogP contribution in [0.25, 0.3) is 0 Å². The maximum atomic E-state index is 11.7. The Morgan fingerprint density at radius 3 is 2.36 bits per heavy atom. The second-order valence-electron chi connectivity index (χ2n) is 6.90. The van der Waals surface area contributed by atoms with E-state index in [1.54, 1.807) is 21.2 Å². The van der Waals surface area contributed by atoms with E-state index in [4.69, 9.17) is 9.47 Å². The molecule has 7 nitrogen and oxygen atoms in total. The smallest absolute Gasteiger partial charge is 0.243 e. The van der Waals surface area contributed by atoms with Crippen molar-refractivity contribution in [2.24, 2.45) is 10.4 Å². The molecule has 1 amide bonds. The van der Waals surface area contributed by atoms with Crippen molar-refractivity contribution in [3.05, 3.63) is 0 Å². The number of nitrogens with one attached hydrogen (secondary N) is 2. The van der Waals surface area contributed by atoms with Crippen molar-refractivity contribution in [3.63, 3.8) is 0 Å². The highest BCUT2D eigenvalue weighted by Crippen LogP contribution is 2.20. The molecule has 1 atom stereocenters. The van der Waals surface area contributed by atoms with Crippen LogP contribution in [0, 0.1) is 5.41 Å². The Labute approximate surface area is 170 Å². The first-order valence-electron chi connectivity index (χ1n) is 8.55. The van der Waals surface area contributed by atoms with Crippen LogP contribution in [-0.2, 0) is 14.3 Å². The van der Waals surface area contributed by atoms with Crippen LogP contribution < -0.4 is 10.6 Å². The molecular weight excluding hydrogens is 435 g/mol. The van der Waals surface area contributed by atoms with Crippen molar-refractivity contribution in [2.75, 3.05) is 54.1 Å². The molecule has 0 aromatic carbocycles. The van der Waals surface area contributed by atoms with Gasteiger partial charge in [-0.25, -0.2) is 4.99 Å². The number of ether oxygens (including phenoxy) is 2. The van der Waals surface area contributed by atoms with Crippen LogP contribution in [0.1, 0.15) is 34.1 Å². The molecule has 0 aromatic rings. The first kappa shape index (κ1) is 26.6. The minimum absolute atomic E-state index is 0. The molecule has 2 N–H and O–H groups in total. The van der Waals surface area contributed by atoms with Crippen LogP contribution in [0.5, 0.6) is 0 Å². The van der Waals surface area contributed by atoms with Gasteiger partial charge in [-0.15, -0.1) is 24.0 Å². The first-order chi connectivity index (χ1) is 11.2. The molecule has 0 rings (SSSR count). The molecule has 0 saturated carbocycles. The zero-order valence-electron chi connectivity index (χ0n) is 16.8. The lowest BCUT2D eigenvalue weighted by atomic mass is 9.89. The number of rotatable bonds is 10. The zero-order chi connectivity index (χ0) is 18.6. The van der Waals surface area contributed by atoms with E-state index in [1.807, 2.05) is 6.92 Å². The predicted octanol–water partition coefficient (Wildman–Crippen LogP) is 1.72. The van der Waals surface area contributed by atoms with E-state index in [-0.39, 0.29) is 47.9 Å². The SMILES string of the molecule is CCOCCCNC(=NCC(=O)N(C)C)NCC(OC)C(C)(C)C.I. The molecule has 0 fully saturated rings. The molecule has 25 heavy (non-hydrogen) atoms. The van der Waals surface area contributed by atoms with Gasteiger partial charge in [-0.1, -0.05) is 20.8 Å². The Balaban J connectivity index is 0. The summed E-state index contributed by atoms with van der Waals surface area (Å²) in [5.41, 5.74) is 0.0152. The number of halogens is 1. The summed E-state index contributed by atoms with van der Waals surface area (Å²) in [7, 11) is 5.15. The molecule has 0 saturated heterocycles. The number of nitrogens with zero attached hydrogens (tertiary/aromatic N) is 2. The Hall–Kier alpha value is -0.610. The number of hydrogen-bond donors (Lipinski definition) is 2. The van der Waals surface area contributed by atoms with E-state index >= 15 is 0 Å². The van der Waals surface area contributed by atoms with Crippen molar-refractivity contribution in [1.82, 2.24) is 15.5 Å². The number of likely N-dealkylation sites (N-methyl/N-ethyl adjacent to an activating group) is 1. The van der Waals surface area contributed by atoms with Gasteiger partial charge in [0.2, 0.25) is 5.91 Å². The van der Waals surface area contributed by atoms with Crippen molar-refractivity contribution in [1.29, 1.82) is 0 Å². The van der Waals surface area contributed by atoms with Gasteiger partial charge in [-0.3, -0.25) is 4.79 Å². The third-order valence-electron chi connectivity index (χ3n) is 3.54. The van der Waals surface area contributed by atoms with Crippen molar-refractivity contribution >= 4 is 35.8 Å². The largest absolute Gasteiger partial charge is 0.382 e. The third kappa shape index (κ3) is 13.3. The van der Waals surface area contributed by atoms with E-state index in [0.29, 0.717) is 19.1 Å². The summed E-state index contributed by atoms with van der Waals surface area (Å²) in [6.07, 6.45) is 0.917. The second kappa shape index (κ2) is 14.5. The van der Waals surface area contributed by atoms with Crippen molar-refractivity contribution in [2.45, 2.75) is 40.2 Å². The predicted molar refractivity (Wildman–Crippen MR) is 114 cm³/mol. The van der Waals surface area contributed by atoms with Crippen LogP contribution in [0.2, 0.25) is 0 Å². The molecule has 8 heteroatoms. The quantitative estimate of drug-likeness (QED) is 0.219. The van der Waals surface area contributed by atoms with Gasteiger partial charge in [0.1, 0.15) is 6.54 Å². The summed E-state index contributed by atoms with van der Waals surface area (Å²) in [5, 5.41) is 6.50. The summed E-state index contributed by atoms with van der Waals surface area (Å²) >= 11 is 0. The maximum absolute atomic E-state index is 11.7. The molecule has 0 spiro atoms. The number of methoxy groups -OCH3 is 1. The van der Waals surface area contributed by atoms with E-state index in [2.05, 4.69) is 36.4 Å². The van der Waals surface area contributed by atoms with Crippen LogP contribution in [0.4, 0.5) is 0 Å². The minimum atomic E-state index is -0.0375. The number of carbonyl (C=O) groups is 1. The molecule has 0 aliphatic carbocycles. The van der Waals surface area contributed by atoms with Crippen LogP contribution >= 0.6 is 24.0 Å². The summed E-state index contributed by atoms with van der Waals surface area (Å²) in [6.45, 7) is 11.3. The summed E-state index contributed by atoms with van der Waals surface area (Å²) < 4.78 is 10.9. The average molecular weight is 472 g/mol. The van der Waals surface area contributed by atoms with Gasteiger partial charge in [-0.05, 0) is 18.8 Å². The van der Waals surface area contributed by atoms with Gasteiger partial charge in [0.25, 0.3) is 0 Å². The topological polar surface area (TPSA) is 75.2 Å². The standard InChI is InChI=1S/C17H36N4O3.HI/c1-8-24-11-9-10-18-16(20-13-15(22)21(5)6)19-12-14(23-7)17(2,3)4;/h14H,8-13H2,1-7H3,(H2,18,19,20);1H. The third-order valence-corrected chi connectivity index (χ3v) is 3.54. The highest BCUT2D eigenvalue weighted by Gasteiger charge is 2.24. The number of aliphatic imine (C=N–C) groups is 1. The van der Waals surface area contributed by atoms with Crippen molar-refractivity contribution < 1.29 is 14.3 Å². The van der Waals surface area contributed by atoms with E-state index in [1.165, 1.54) is 4.90 Å². The fourth-order valence-electron chi connectivity index (χ4n) is 1.92. The van der Waals surface area contributed by atoms with Gasteiger partial charge >= 0.3 is 0 Å². The Morgan fingerprint density at radius 1 is 1.24 bits per heavy atom. The number of amides is 1. The Kier molecular flexibility index (Phi) is 15.5. The Morgan fingerprint density at radius 2 is 1.88 bits per heavy atom. The molecule has 0 bridgehead atoms. The summed E-state index contributed by atoms with van der Waals surface area (Å²) in [6, 6.07) is 0. The van der Waals surface area contributed by atoms with Gasteiger partial charge in [-0.2, -0.15) is 0 Å². The zero-order valence-corrected chi connectivity index (χ0v) is 19.2. The van der Waals surface area contributed by atoms with Crippen LogP contribution in [0.3, 0.4) is 0 Å².